The summed E-state index contributed by atoms with van der Waals surface area (Å²) in [7, 11) is 0. The van der Waals surface area contributed by atoms with E-state index >= 15 is 0 Å². The molecule has 0 aliphatic heterocycles. The SMILES string of the molecule is CC(C)CC(=O)Nc1ccc(NC(C(=O)NC2CC2)c2ccc(F)cc2)cc1. The van der Waals surface area contributed by atoms with E-state index in [1.807, 2.05) is 26.0 Å². The highest BCUT2D eigenvalue weighted by molar-refractivity contribution is 5.91. The highest BCUT2D eigenvalue weighted by atomic mass is 19.1. The van der Waals surface area contributed by atoms with E-state index in [-0.39, 0.29) is 23.7 Å². The van der Waals surface area contributed by atoms with Crippen LogP contribution in [0.1, 0.15) is 44.7 Å². The van der Waals surface area contributed by atoms with Crippen molar-refractivity contribution in [2.75, 3.05) is 10.6 Å². The Morgan fingerprint density at radius 3 is 2.18 bits per heavy atom. The molecule has 3 rings (SSSR count). The maximum Gasteiger partial charge on any atom is 0.247 e. The van der Waals surface area contributed by atoms with Crippen LogP contribution in [0.4, 0.5) is 15.8 Å². The number of nitrogens with one attached hydrogen (secondary N) is 3. The van der Waals surface area contributed by atoms with Gasteiger partial charge in [-0.05, 0) is 60.7 Å². The zero-order chi connectivity index (χ0) is 20.1. The summed E-state index contributed by atoms with van der Waals surface area (Å²) in [5.41, 5.74) is 2.13. The van der Waals surface area contributed by atoms with Crippen molar-refractivity contribution in [3.8, 4) is 0 Å². The molecule has 0 aromatic heterocycles. The van der Waals surface area contributed by atoms with E-state index in [2.05, 4.69) is 16.0 Å². The molecule has 1 atom stereocenters. The molecule has 0 saturated heterocycles. The van der Waals surface area contributed by atoms with E-state index in [0.717, 1.165) is 18.5 Å². The Bertz CT molecular complexity index is 815. The van der Waals surface area contributed by atoms with Crippen LogP contribution in [0.15, 0.2) is 48.5 Å². The maximum absolute atomic E-state index is 13.3. The predicted octanol–water partition coefficient (Wildman–Crippen LogP) is 4.24. The minimum atomic E-state index is -0.623. The molecule has 2 aromatic rings. The molecule has 1 aliphatic carbocycles. The number of hydrogen-bond acceptors (Lipinski definition) is 3. The Hall–Kier alpha value is -2.89. The molecular formula is C22H26FN3O2. The average Bonchev–Trinajstić information content (AvgIpc) is 3.45. The molecule has 1 fully saturated rings. The summed E-state index contributed by atoms with van der Waals surface area (Å²) in [6.45, 7) is 3.99. The van der Waals surface area contributed by atoms with E-state index in [4.69, 9.17) is 0 Å². The van der Waals surface area contributed by atoms with Gasteiger partial charge in [0.25, 0.3) is 0 Å². The topological polar surface area (TPSA) is 70.2 Å². The van der Waals surface area contributed by atoms with Crippen LogP contribution in [0.25, 0.3) is 0 Å². The number of halogens is 1. The third-order valence-corrected chi connectivity index (χ3v) is 4.46. The number of amides is 2. The third kappa shape index (κ3) is 5.81. The first-order valence-electron chi connectivity index (χ1n) is 9.63. The fourth-order valence-electron chi connectivity index (χ4n) is 2.87. The molecule has 0 heterocycles. The Balaban J connectivity index is 1.70. The van der Waals surface area contributed by atoms with Crippen molar-refractivity contribution in [1.29, 1.82) is 0 Å². The summed E-state index contributed by atoms with van der Waals surface area (Å²) in [4.78, 5) is 24.6. The van der Waals surface area contributed by atoms with Crippen molar-refractivity contribution in [1.82, 2.24) is 5.32 Å². The van der Waals surface area contributed by atoms with Crippen LogP contribution in [-0.2, 0) is 9.59 Å². The fraction of sp³-hybridized carbons (Fsp3) is 0.364. The van der Waals surface area contributed by atoms with Gasteiger partial charge in [-0.15, -0.1) is 0 Å². The van der Waals surface area contributed by atoms with Gasteiger partial charge < -0.3 is 16.0 Å². The highest BCUT2D eigenvalue weighted by Gasteiger charge is 2.28. The third-order valence-electron chi connectivity index (χ3n) is 4.46. The van der Waals surface area contributed by atoms with E-state index < -0.39 is 6.04 Å². The number of rotatable bonds is 8. The summed E-state index contributed by atoms with van der Waals surface area (Å²) in [6, 6.07) is 12.7. The van der Waals surface area contributed by atoms with Crippen LogP contribution in [0.5, 0.6) is 0 Å². The molecule has 0 spiro atoms. The highest BCUT2D eigenvalue weighted by Crippen LogP contribution is 2.25. The molecule has 2 amide bonds. The molecule has 0 radical (unpaired) electrons. The second-order valence-corrected chi connectivity index (χ2v) is 7.64. The standard InChI is InChI=1S/C22H26FN3O2/c1-14(2)13-20(27)24-17-7-9-18(10-8-17)25-21(22(28)26-19-11-12-19)15-3-5-16(23)6-4-15/h3-10,14,19,21,25H,11-13H2,1-2H3,(H,24,27)(H,26,28). The minimum absolute atomic E-state index is 0.0243. The van der Waals surface area contributed by atoms with Gasteiger partial charge in [0.15, 0.2) is 0 Å². The largest absolute Gasteiger partial charge is 0.370 e. The normalized spacial score (nSPS) is 14.4. The first-order chi connectivity index (χ1) is 13.4. The summed E-state index contributed by atoms with van der Waals surface area (Å²) in [5.74, 6) is -0.207. The Kier molecular flexibility index (Phi) is 6.29. The molecule has 3 N–H and O–H groups in total. The lowest BCUT2D eigenvalue weighted by Gasteiger charge is -2.20. The molecule has 28 heavy (non-hydrogen) atoms. The second kappa shape index (κ2) is 8.87. The molecule has 6 heteroatoms. The number of anilines is 2. The van der Waals surface area contributed by atoms with Crippen LogP contribution in [-0.4, -0.2) is 17.9 Å². The molecule has 1 aliphatic rings. The number of carbonyl (C=O) groups is 2. The lowest BCUT2D eigenvalue weighted by atomic mass is 10.1. The Morgan fingerprint density at radius 1 is 1.00 bits per heavy atom. The van der Waals surface area contributed by atoms with Crippen LogP contribution in [0, 0.1) is 11.7 Å². The van der Waals surface area contributed by atoms with Crippen molar-refractivity contribution in [3.63, 3.8) is 0 Å². The van der Waals surface area contributed by atoms with Gasteiger partial charge in [-0.3, -0.25) is 9.59 Å². The van der Waals surface area contributed by atoms with Gasteiger partial charge in [-0.25, -0.2) is 4.39 Å². The van der Waals surface area contributed by atoms with Crippen molar-refractivity contribution >= 4 is 23.2 Å². The minimum Gasteiger partial charge on any atom is -0.370 e. The van der Waals surface area contributed by atoms with Crippen molar-refractivity contribution < 1.29 is 14.0 Å². The molecule has 2 aromatic carbocycles. The number of hydrogen-bond donors (Lipinski definition) is 3. The monoisotopic (exact) mass is 383 g/mol. The molecule has 1 saturated carbocycles. The lowest BCUT2D eigenvalue weighted by molar-refractivity contribution is -0.122. The summed E-state index contributed by atoms with van der Waals surface area (Å²) in [5, 5.41) is 9.07. The van der Waals surface area contributed by atoms with E-state index in [1.165, 1.54) is 12.1 Å². The smallest absolute Gasteiger partial charge is 0.247 e. The van der Waals surface area contributed by atoms with Crippen molar-refractivity contribution in [2.24, 2.45) is 5.92 Å². The molecular weight excluding hydrogens is 357 g/mol. The van der Waals surface area contributed by atoms with Gasteiger partial charge in [0.05, 0.1) is 0 Å². The van der Waals surface area contributed by atoms with E-state index in [9.17, 15) is 14.0 Å². The van der Waals surface area contributed by atoms with Crippen LogP contribution >= 0.6 is 0 Å². The fourth-order valence-corrected chi connectivity index (χ4v) is 2.87. The quantitative estimate of drug-likeness (QED) is 0.638. The van der Waals surface area contributed by atoms with E-state index in [0.29, 0.717) is 23.6 Å². The average molecular weight is 383 g/mol. The van der Waals surface area contributed by atoms with E-state index in [1.54, 1.807) is 24.3 Å². The lowest BCUT2D eigenvalue weighted by Crippen LogP contribution is -2.34. The van der Waals surface area contributed by atoms with Crippen LogP contribution < -0.4 is 16.0 Å². The Labute approximate surface area is 164 Å². The number of carbonyl (C=O) groups excluding carboxylic acids is 2. The van der Waals surface area contributed by atoms with Gasteiger partial charge in [-0.2, -0.15) is 0 Å². The zero-order valence-corrected chi connectivity index (χ0v) is 16.2. The summed E-state index contributed by atoms with van der Waals surface area (Å²) in [6.07, 6.45) is 2.45. The zero-order valence-electron chi connectivity index (χ0n) is 16.2. The molecule has 148 valence electrons. The maximum atomic E-state index is 13.3. The Morgan fingerprint density at radius 2 is 1.61 bits per heavy atom. The molecule has 0 bridgehead atoms. The summed E-state index contributed by atoms with van der Waals surface area (Å²) >= 11 is 0. The van der Waals surface area contributed by atoms with Crippen LogP contribution in [0.3, 0.4) is 0 Å². The first kappa shape index (κ1) is 19.9. The number of benzene rings is 2. The van der Waals surface area contributed by atoms with Gasteiger partial charge in [0.2, 0.25) is 11.8 Å². The summed E-state index contributed by atoms with van der Waals surface area (Å²) < 4.78 is 13.3. The van der Waals surface area contributed by atoms with Gasteiger partial charge in [-0.1, -0.05) is 26.0 Å². The van der Waals surface area contributed by atoms with Gasteiger partial charge >= 0.3 is 0 Å². The second-order valence-electron chi connectivity index (χ2n) is 7.64. The molecule has 1 unspecified atom stereocenters. The van der Waals surface area contributed by atoms with Crippen molar-refractivity contribution in [2.45, 2.75) is 45.2 Å². The van der Waals surface area contributed by atoms with Gasteiger partial charge in [0.1, 0.15) is 11.9 Å². The van der Waals surface area contributed by atoms with Crippen molar-refractivity contribution in [3.05, 3.63) is 59.9 Å². The molecule has 5 nitrogen and oxygen atoms in total. The first-order valence-corrected chi connectivity index (χ1v) is 9.63. The van der Waals surface area contributed by atoms with Crippen LogP contribution in [0.2, 0.25) is 0 Å². The predicted molar refractivity (Wildman–Crippen MR) is 108 cm³/mol. The van der Waals surface area contributed by atoms with Gasteiger partial charge in [0, 0.05) is 23.8 Å².